The summed E-state index contributed by atoms with van der Waals surface area (Å²) in [5, 5.41) is 13.3. The second-order valence-corrected chi connectivity index (χ2v) is 10.9. The molecule has 1 saturated heterocycles. The number of methoxy groups -OCH3 is 4. The van der Waals surface area contributed by atoms with Crippen LogP contribution in [0.4, 0.5) is 0 Å². The van der Waals surface area contributed by atoms with Gasteiger partial charge in [-0.05, 0) is 65.6 Å². The van der Waals surface area contributed by atoms with Crippen LogP contribution in [0.3, 0.4) is 0 Å². The zero-order chi connectivity index (χ0) is 27.4. The number of aliphatic hydroxyl groups excluding tert-OH is 1. The van der Waals surface area contributed by atoms with Crippen LogP contribution < -0.4 is 18.9 Å². The van der Waals surface area contributed by atoms with Crippen molar-refractivity contribution in [2.24, 2.45) is 5.92 Å². The molecule has 41 heavy (non-hydrogen) atoms. The predicted molar refractivity (Wildman–Crippen MR) is 169 cm³/mol. The Hall–Kier alpha value is -2.42. The van der Waals surface area contributed by atoms with E-state index >= 15 is 0 Å². The van der Waals surface area contributed by atoms with E-state index in [0.717, 1.165) is 72.1 Å². The molecule has 0 amide bonds. The number of rotatable bonds is 10. The van der Waals surface area contributed by atoms with Gasteiger partial charge < -0.3 is 29.0 Å². The third kappa shape index (κ3) is 7.51. The summed E-state index contributed by atoms with van der Waals surface area (Å²) in [6.45, 7) is 5.72. The van der Waals surface area contributed by atoms with E-state index in [1.54, 1.807) is 28.4 Å². The number of hydrogen-bond acceptors (Lipinski definition) is 7. The van der Waals surface area contributed by atoms with Gasteiger partial charge >= 0.3 is 0 Å². The molecule has 7 nitrogen and oxygen atoms in total. The Kier molecular flexibility index (Phi) is 12.2. The van der Waals surface area contributed by atoms with E-state index in [9.17, 15) is 5.11 Å². The molecule has 2 heterocycles. The SMILES string of the molecule is COc1cc2c(cc1OC)CN(CC1CCCCN(CC(O)Cc3cccc4c(OC)c(OC)ccc34)C1)C2.Cl.Cl. The summed E-state index contributed by atoms with van der Waals surface area (Å²) in [5.74, 6) is 3.65. The van der Waals surface area contributed by atoms with Crippen molar-refractivity contribution in [3.63, 3.8) is 0 Å². The standard InChI is InChI=1S/C32H42N2O5.2ClH/c1-36-29-12-11-27-23(9-7-10-28(27)32(29)39-4)14-26(35)21-33-13-6-5-8-22(17-33)18-34-19-24-15-30(37-2)31(38-3)16-25(24)20-34;;/h7,9-12,15-16,22,26,35H,5-6,8,13-14,17-21H2,1-4H3;2*1H. The minimum absolute atomic E-state index is 0. The van der Waals surface area contributed by atoms with Crippen molar-refractivity contribution in [2.45, 2.75) is 44.9 Å². The van der Waals surface area contributed by atoms with Crippen molar-refractivity contribution in [3.05, 3.63) is 59.2 Å². The molecule has 3 aromatic carbocycles. The van der Waals surface area contributed by atoms with E-state index in [1.165, 1.54) is 30.4 Å². The topological polar surface area (TPSA) is 63.6 Å². The molecule has 0 saturated carbocycles. The normalized spacial score (nSPS) is 18.0. The molecule has 1 N–H and O–H groups in total. The monoisotopic (exact) mass is 606 g/mol. The number of ether oxygens (including phenoxy) is 4. The average molecular weight is 608 g/mol. The van der Waals surface area contributed by atoms with Gasteiger partial charge in [-0.3, -0.25) is 4.90 Å². The number of halogens is 2. The third-order valence-corrected chi connectivity index (χ3v) is 8.28. The van der Waals surface area contributed by atoms with Gasteiger partial charge in [0.05, 0.1) is 34.5 Å². The fourth-order valence-electron chi connectivity index (χ4n) is 6.46. The first-order chi connectivity index (χ1) is 19.0. The number of β-amino-alcohol motifs (C(OH)–C–C–N with tert-alkyl or cyclic N) is 1. The summed E-state index contributed by atoms with van der Waals surface area (Å²) in [7, 11) is 6.71. The van der Waals surface area contributed by atoms with Crippen LogP contribution >= 0.6 is 24.8 Å². The zero-order valence-corrected chi connectivity index (χ0v) is 26.2. The summed E-state index contributed by atoms with van der Waals surface area (Å²) in [6.07, 6.45) is 3.84. The zero-order valence-electron chi connectivity index (χ0n) is 24.6. The van der Waals surface area contributed by atoms with E-state index in [0.29, 0.717) is 18.9 Å². The number of fused-ring (bicyclic) bond motifs is 2. The third-order valence-electron chi connectivity index (χ3n) is 8.28. The number of aliphatic hydroxyl groups is 1. The first-order valence-corrected chi connectivity index (χ1v) is 14.0. The van der Waals surface area contributed by atoms with Crippen molar-refractivity contribution in [3.8, 4) is 23.0 Å². The molecule has 2 aliphatic heterocycles. The molecule has 0 spiro atoms. The fraction of sp³-hybridized carbons (Fsp3) is 0.500. The number of nitrogens with zero attached hydrogens (tertiary/aromatic N) is 2. The van der Waals surface area contributed by atoms with Crippen molar-refractivity contribution in [1.29, 1.82) is 0 Å². The summed E-state index contributed by atoms with van der Waals surface area (Å²) >= 11 is 0. The molecule has 2 atom stereocenters. The molecular weight excluding hydrogens is 563 g/mol. The predicted octanol–water partition coefficient (Wildman–Crippen LogP) is 5.74. The fourth-order valence-corrected chi connectivity index (χ4v) is 6.46. The number of benzene rings is 3. The molecule has 0 aromatic heterocycles. The highest BCUT2D eigenvalue weighted by Crippen LogP contribution is 2.37. The maximum absolute atomic E-state index is 11.2. The highest BCUT2D eigenvalue weighted by molar-refractivity contribution is 5.93. The van der Waals surface area contributed by atoms with E-state index in [4.69, 9.17) is 18.9 Å². The Morgan fingerprint density at radius 2 is 1.49 bits per heavy atom. The average Bonchev–Trinajstić information content (AvgIpc) is 3.21. The number of likely N-dealkylation sites (tertiary alicyclic amines) is 1. The maximum atomic E-state index is 11.2. The van der Waals surface area contributed by atoms with Crippen LogP contribution in [0, 0.1) is 5.92 Å². The van der Waals surface area contributed by atoms with Gasteiger partial charge in [-0.25, -0.2) is 0 Å². The van der Waals surface area contributed by atoms with Crippen LogP contribution in [-0.2, 0) is 19.5 Å². The van der Waals surface area contributed by atoms with Gasteiger partial charge in [-0.2, -0.15) is 0 Å². The molecule has 226 valence electrons. The molecule has 5 rings (SSSR count). The first kappa shape index (κ1) is 33.1. The molecule has 1 fully saturated rings. The molecule has 3 aromatic rings. The smallest absolute Gasteiger partial charge is 0.168 e. The van der Waals surface area contributed by atoms with Gasteiger partial charge in [0.25, 0.3) is 0 Å². The minimum atomic E-state index is -0.432. The van der Waals surface area contributed by atoms with E-state index in [2.05, 4.69) is 40.1 Å². The van der Waals surface area contributed by atoms with Crippen LogP contribution in [0.2, 0.25) is 0 Å². The highest BCUT2D eigenvalue weighted by atomic mass is 35.5. The molecule has 2 unspecified atom stereocenters. The van der Waals surface area contributed by atoms with E-state index < -0.39 is 6.10 Å². The van der Waals surface area contributed by atoms with Crippen LogP contribution in [-0.4, -0.2) is 75.6 Å². The summed E-state index contributed by atoms with van der Waals surface area (Å²) in [4.78, 5) is 5.03. The van der Waals surface area contributed by atoms with Gasteiger partial charge in [-0.15, -0.1) is 24.8 Å². The Morgan fingerprint density at radius 3 is 2.12 bits per heavy atom. The van der Waals surface area contributed by atoms with Gasteiger partial charge in [0, 0.05) is 44.5 Å². The Morgan fingerprint density at radius 1 is 0.805 bits per heavy atom. The lowest BCUT2D eigenvalue weighted by molar-refractivity contribution is 0.101. The van der Waals surface area contributed by atoms with Gasteiger partial charge in [0.1, 0.15) is 0 Å². The summed E-state index contributed by atoms with van der Waals surface area (Å²) < 4.78 is 22.2. The van der Waals surface area contributed by atoms with Crippen molar-refractivity contribution in [1.82, 2.24) is 9.80 Å². The maximum Gasteiger partial charge on any atom is 0.168 e. The second kappa shape index (κ2) is 15.2. The molecule has 9 heteroatoms. The largest absolute Gasteiger partial charge is 0.493 e. The van der Waals surface area contributed by atoms with Gasteiger partial charge in [0.2, 0.25) is 0 Å². The second-order valence-electron chi connectivity index (χ2n) is 10.9. The van der Waals surface area contributed by atoms with E-state index in [-0.39, 0.29) is 24.8 Å². The van der Waals surface area contributed by atoms with Crippen LogP contribution in [0.5, 0.6) is 23.0 Å². The summed E-state index contributed by atoms with van der Waals surface area (Å²) in [5.41, 5.74) is 3.80. The molecule has 0 aliphatic carbocycles. The lowest BCUT2D eigenvalue weighted by Gasteiger charge is -2.29. The van der Waals surface area contributed by atoms with Gasteiger partial charge in [0.15, 0.2) is 23.0 Å². The van der Waals surface area contributed by atoms with E-state index in [1.807, 2.05) is 12.1 Å². The number of hydrogen-bond donors (Lipinski definition) is 1. The van der Waals surface area contributed by atoms with Crippen molar-refractivity contribution in [2.75, 3.05) is 54.6 Å². The van der Waals surface area contributed by atoms with Crippen LogP contribution in [0.15, 0.2) is 42.5 Å². The van der Waals surface area contributed by atoms with Crippen LogP contribution in [0.25, 0.3) is 10.8 Å². The Balaban J connectivity index is 0.00000231. The van der Waals surface area contributed by atoms with Crippen molar-refractivity contribution < 1.29 is 24.1 Å². The molecule has 2 aliphatic rings. The first-order valence-electron chi connectivity index (χ1n) is 14.0. The van der Waals surface area contributed by atoms with Gasteiger partial charge in [-0.1, -0.05) is 30.7 Å². The molecule has 0 radical (unpaired) electrons. The Bertz CT molecular complexity index is 1260. The molecule has 0 bridgehead atoms. The van der Waals surface area contributed by atoms with Crippen LogP contribution in [0.1, 0.15) is 36.0 Å². The molecular formula is C32H44Cl2N2O5. The lowest BCUT2D eigenvalue weighted by Crippen LogP contribution is -2.38. The van der Waals surface area contributed by atoms with Crippen molar-refractivity contribution >= 4 is 35.6 Å². The summed E-state index contributed by atoms with van der Waals surface area (Å²) in [6, 6.07) is 14.5. The highest BCUT2D eigenvalue weighted by Gasteiger charge is 2.27. The quantitative estimate of drug-likeness (QED) is 0.316. The lowest BCUT2D eigenvalue weighted by atomic mass is 9.98. The minimum Gasteiger partial charge on any atom is -0.493 e. The Labute approximate surface area is 256 Å².